The maximum atomic E-state index is 13.6. The van der Waals surface area contributed by atoms with Gasteiger partial charge in [0, 0.05) is 16.5 Å². The first-order valence-corrected chi connectivity index (χ1v) is 11.4. The van der Waals surface area contributed by atoms with Gasteiger partial charge < -0.3 is 13.9 Å². The number of amides is 1. The maximum absolute atomic E-state index is 13.6. The van der Waals surface area contributed by atoms with Crippen LogP contribution in [0.2, 0.25) is 0 Å². The average Bonchev–Trinajstić information content (AvgIpc) is 3.09. The third kappa shape index (κ3) is 3.46. The Hall–Kier alpha value is -4.13. The van der Waals surface area contributed by atoms with E-state index in [1.807, 2.05) is 39.8 Å². The molecule has 3 aromatic rings. The maximum Gasteiger partial charge on any atom is 0.347 e. The van der Waals surface area contributed by atoms with Crippen LogP contribution < -0.4 is 20.0 Å². The van der Waals surface area contributed by atoms with Crippen molar-refractivity contribution in [2.24, 2.45) is 0 Å². The summed E-state index contributed by atoms with van der Waals surface area (Å²) in [6.07, 6.45) is 3.26. The molecule has 0 unspecified atom stereocenters. The second-order valence-electron chi connectivity index (χ2n) is 9.17. The standard InChI is InChI=1S/C28H25NO6/c1-6-34-17-11-18-15(2)14-28(3,4)29-24(18)19(12-17)20(26(29)31)13-22(30)21-10-16-8-7-9-23(33-5)25(16)35-27(21)32/h7-14H,6H2,1-5H3/b20-13+. The van der Waals surface area contributed by atoms with E-state index < -0.39 is 16.9 Å². The van der Waals surface area contributed by atoms with Gasteiger partial charge in [-0.2, -0.15) is 0 Å². The Morgan fingerprint density at radius 2 is 1.89 bits per heavy atom. The minimum absolute atomic E-state index is 0.157. The zero-order chi connectivity index (χ0) is 25.1. The number of para-hydroxylation sites is 1. The lowest BCUT2D eigenvalue weighted by Crippen LogP contribution is -2.46. The van der Waals surface area contributed by atoms with E-state index in [4.69, 9.17) is 13.9 Å². The molecule has 0 radical (unpaired) electrons. The predicted octanol–water partition coefficient (Wildman–Crippen LogP) is 5.01. The average molecular weight is 472 g/mol. The molecule has 3 heterocycles. The summed E-state index contributed by atoms with van der Waals surface area (Å²) in [5.74, 6) is 0.0968. The summed E-state index contributed by atoms with van der Waals surface area (Å²) in [6, 6.07) is 10.3. The molecule has 2 aliphatic rings. The number of carbonyl (C=O) groups excluding carboxylic acids is 2. The highest BCUT2D eigenvalue weighted by atomic mass is 16.5. The van der Waals surface area contributed by atoms with E-state index >= 15 is 0 Å². The number of allylic oxidation sites excluding steroid dienone is 2. The van der Waals surface area contributed by atoms with Gasteiger partial charge >= 0.3 is 5.63 Å². The van der Waals surface area contributed by atoms with Crippen LogP contribution in [0.5, 0.6) is 11.5 Å². The molecular formula is C28H25NO6. The number of rotatable bonds is 5. The van der Waals surface area contributed by atoms with E-state index in [0.717, 1.165) is 16.8 Å². The first kappa shape index (κ1) is 22.7. The van der Waals surface area contributed by atoms with E-state index in [1.54, 1.807) is 29.2 Å². The number of anilines is 1. The highest BCUT2D eigenvalue weighted by Crippen LogP contribution is 2.50. The van der Waals surface area contributed by atoms with Crippen LogP contribution >= 0.6 is 0 Å². The Morgan fingerprint density at radius 3 is 2.60 bits per heavy atom. The van der Waals surface area contributed by atoms with Crippen molar-refractivity contribution < 1.29 is 23.5 Å². The molecule has 35 heavy (non-hydrogen) atoms. The molecule has 0 atom stereocenters. The highest BCUT2D eigenvalue weighted by Gasteiger charge is 2.45. The van der Waals surface area contributed by atoms with Crippen LogP contribution in [0, 0.1) is 0 Å². The largest absolute Gasteiger partial charge is 0.494 e. The molecule has 2 aliphatic heterocycles. The lowest BCUT2D eigenvalue weighted by atomic mass is 9.89. The van der Waals surface area contributed by atoms with Gasteiger partial charge in [-0.1, -0.05) is 18.2 Å². The van der Waals surface area contributed by atoms with E-state index in [2.05, 4.69) is 0 Å². The van der Waals surface area contributed by atoms with Crippen LogP contribution in [0.4, 0.5) is 5.69 Å². The summed E-state index contributed by atoms with van der Waals surface area (Å²) >= 11 is 0. The minimum atomic E-state index is -0.794. The lowest BCUT2D eigenvalue weighted by Gasteiger charge is -2.38. The minimum Gasteiger partial charge on any atom is -0.494 e. The predicted molar refractivity (Wildman–Crippen MR) is 134 cm³/mol. The fraction of sp³-hybridized carbons (Fsp3) is 0.250. The van der Waals surface area contributed by atoms with Crippen LogP contribution in [0.1, 0.15) is 49.2 Å². The second-order valence-corrected chi connectivity index (χ2v) is 9.17. The Labute approximate surface area is 202 Å². The first-order valence-electron chi connectivity index (χ1n) is 11.4. The highest BCUT2D eigenvalue weighted by molar-refractivity contribution is 6.37. The number of ketones is 1. The van der Waals surface area contributed by atoms with Crippen molar-refractivity contribution in [3.8, 4) is 11.5 Å². The van der Waals surface area contributed by atoms with Crippen LogP contribution in [0.15, 0.2) is 57.8 Å². The number of nitrogens with zero attached hydrogens (tertiary/aromatic N) is 1. The normalized spacial score (nSPS) is 16.9. The zero-order valence-corrected chi connectivity index (χ0v) is 20.2. The van der Waals surface area contributed by atoms with Crippen LogP contribution in [0.3, 0.4) is 0 Å². The number of methoxy groups -OCH3 is 1. The molecule has 0 aliphatic carbocycles. The number of benzene rings is 2. The molecule has 5 rings (SSSR count). The molecule has 0 saturated carbocycles. The summed E-state index contributed by atoms with van der Waals surface area (Å²) in [5.41, 5.74) is 2.20. The van der Waals surface area contributed by atoms with Gasteiger partial charge in [0.1, 0.15) is 11.3 Å². The fourth-order valence-corrected chi connectivity index (χ4v) is 4.96. The molecular weight excluding hydrogens is 446 g/mol. The van der Waals surface area contributed by atoms with Crippen molar-refractivity contribution >= 4 is 39.5 Å². The summed E-state index contributed by atoms with van der Waals surface area (Å²) < 4.78 is 16.4. The van der Waals surface area contributed by atoms with E-state index in [0.29, 0.717) is 29.1 Å². The SMILES string of the molecule is CCOc1cc2c3c(c1)/C(=C\C(=O)c1cc4cccc(OC)c4oc1=O)C(=O)N3C(C)(C)C=C2C. The molecule has 0 bridgehead atoms. The third-order valence-electron chi connectivity index (χ3n) is 6.40. The molecule has 178 valence electrons. The summed E-state index contributed by atoms with van der Waals surface area (Å²) in [5, 5.41) is 0.547. The molecule has 0 saturated heterocycles. The van der Waals surface area contributed by atoms with Crippen LogP contribution in [0.25, 0.3) is 22.1 Å². The van der Waals surface area contributed by atoms with Gasteiger partial charge in [-0.05, 0) is 63.6 Å². The van der Waals surface area contributed by atoms with Crippen molar-refractivity contribution in [3.63, 3.8) is 0 Å². The number of ether oxygens (including phenoxy) is 2. The molecule has 7 heteroatoms. The Kier molecular flexibility index (Phi) is 5.16. The molecule has 0 fully saturated rings. The van der Waals surface area contributed by atoms with Gasteiger partial charge in [0.2, 0.25) is 0 Å². The summed E-state index contributed by atoms with van der Waals surface area (Å²) in [7, 11) is 1.47. The van der Waals surface area contributed by atoms with Gasteiger partial charge in [-0.15, -0.1) is 0 Å². The Morgan fingerprint density at radius 1 is 1.14 bits per heavy atom. The molecule has 1 amide bonds. The monoisotopic (exact) mass is 471 g/mol. The van der Waals surface area contributed by atoms with Crippen molar-refractivity contribution in [2.45, 2.75) is 33.2 Å². The molecule has 2 aromatic carbocycles. The summed E-state index contributed by atoms with van der Waals surface area (Å²) in [6.45, 7) is 8.25. The second kappa shape index (κ2) is 7.98. The number of hydrogen-bond donors (Lipinski definition) is 0. The lowest BCUT2D eigenvalue weighted by molar-refractivity contribution is -0.113. The fourth-order valence-electron chi connectivity index (χ4n) is 4.96. The Bertz CT molecular complexity index is 1540. The van der Waals surface area contributed by atoms with Gasteiger partial charge in [0.15, 0.2) is 17.1 Å². The van der Waals surface area contributed by atoms with Crippen LogP contribution in [-0.2, 0) is 4.79 Å². The van der Waals surface area contributed by atoms with Gasteiger partial charge in [-0.3, -0.25) is 14.5 Å². The van der Waals surface area contributed by atoms with Crippen molar-refractivity contribution in [2.75, 3.05) is 18.6 Å². The third-order valence-corrected chi connectivity index (χ3v) is 6.40. The van der Waals surface area contributed by atoms with E-state index in [9.17, 15) is 14.4 Å². The zero-order valence-electron chi connectivity index (χ0n) is 20.2. The molecule has 0 spiro atoms. The molecule has 1 aromatic heterocycles. The Balaban J connectivity index is 1.68. The van der Waals surface area contributed by atoms with Gasteiger partial charge in [0.05, 0.1) is 30.5 Å². The number of fused-ring (bicyclic) bond motifs is 1. The van der Waals surface area contributed by atoms with Gasteiger partial charge in [0.25, 0.3) is 5.91 Å². The van der Waals surface area contributed by atoms with Crippen LogP contribution in [-0.4, -0.2) is 30.9 Å². The molecule has 0 N–H and O–H groups in total. The van der Waals surface area contributed by atoms with Crippen molar-refractivity contribution in [1.29, 1.82) is 0 Å². The smallest absolute Gasteiger partial charge is 0.347 e. The van der Waals surface area contributed by atoms with Crippen molar-refractivity contribution in [3.05, 3.63) is 75.7 Å². The van der Waals surface area contributed by atoms with E-state index in [1.165, 1.54) is 19.3 Å². The first-order chi connectivity index (χ1) is 16.7. The number of hydrogen-bond acceptors (Lipinski definition) is 6. The van der Waals surface area contributed by atoms with Crippen molar-refractivity contribution in [1.82, 2.24) is 0 Å². The van der Waals surface area contributed by atoms with Gasteiger partial charge in [-0.25, -0.2) is 4.79 Å². The number of carbonyl (C=O) groups is 2. The quantitative estimate of drug-likeness (QED) is 0.295. The summed E-state index contributed by atoms with van der Waals surface area (Å²) in [4.78, 5) is 41.4. The topological polar surface area (TPSA) is 86.0 Å². The van der Waals surface area contributed by atoms with E-state index in [-0.39, 0.29) is 22.6 Å². The molecule has 7 nitrogen and oxygen atoms in total.